The number of rotatable bonds is 7. The number of benzene rings is 1. The van der Waals surface area contributed by atoms with E-state index in [1.165, 1.54) is 5.69 Å². The van der Waals surface area contributed by atoms with Crippen LogP contribution in [0, 0.1) is 0 Å². The maximum absolute atomic E-state index is 13.0. The number of hydrogen-bond donors (Lipinski definition) is 1. The molecule has 0 saturated carbocycles. The monoisotopic (exact) mass is 372 g/mol. The molecule has 0 saturated heterocycles. The van der Waals surface area contributed by atoms with Gasteiger partial charge in [-0.05, 0) is 31.1 Å². The van der Waals surface area contributed by atoms with Gasteiger partial charge >= 0.3 is 0 Å². The van der Waals surface area contributed by atoms with E-state index in [1.807, 2.05) is 60.9 Å². The van der Waals surface area contributed by atoms with Crippen LogP contribution in [0.1, 0.15) is 33.7 Å². The molecule has 1 unspecified atom stereocenters. The molecule has 6 heteroatoms. The lowest BCUT2D eigenvalue weighted by Crippen LogP contribution is -2.37. The number of hydrogen-bond acceptors (Lipinski definition) is 4. The first kappa shape index (κ1) is 19.0. The molecule has 1 aliphatic carbocycles. The largest absolute Gasteiger partial charge is 0.336 e. The number of thioether (sulfide) groups is 1. The van der Waals surface area contributed by atoms with Crippen LogP contribution in [0.2, 0.25) is 0 Å². The Morgan fingerprint density at radius 1 is 1.38 bits per heavy atom. The Kier molecular flexibility index (Phi) is 6.38. The number of aromatic nitrogens is 2. The number of carbonyl (C=O) groups is 1. The molecule has 1 aliphatic rings. The molecule has 1 amide bonds. The van der Waals surface area contributed by atoms with Gasteiger partial charge in [0.2, 0.25) is 0 Å². The zero-order valence-corrected chi connectivity index (χ0v) is 16.7. The lowest BCUT2D eigenvalue weighted by atomic mass is 9.91. The van der Waals surface area contributed by atoms with E-state index in [0.717, 1.165) is 42.7 Å². The lowest BCUT2D eigenvalue weighted by Gasteiger charge is -2.24. The first-order valence-electron chi connectivity index (χ1n) is 9.16. The molecule has 1 N–H and O–H groups in total. The summed E-state index contributed by atoms with van der Waals surface area (Å²) in [6, 6.07) is 10.5. The van der Waals surface area contributed by atoms with E-state index in [-0.39, 0.29) is 5.91 Å². The van der Waals surface area contributed by atoms with Crippen LogP contribution in [0.15, 0.2) is 30.3 Å². The molecule has 1 atom stereocenters. The quantitative estimate of drug-likeness (QED) is 0.759. The molecule has 1 aromatic heterocycles. The summed E-state index contributed by atoms with van der Waals surface area (Å²) in [5.74, 6) is 1.12. The molecule has 0 radical (unpaired) electrons. The van der Waals surface area contributed by atoms with Crippen LogP contribution in [-0.4, -0.2) is 52.2 Å². The summed E-state index contributed by atoms with van der Waals surface area (Å²) in [7, 11) is 3.81. The summed E-state index contributed by atoms with van der Waals surface area (Å²) >= 11 is 1.85. The minimum atomic E-state index is 0.00969. The normalized spacial score (nSPS) is 16.3. The third-order valence-corrected chi connectivity index (χ3v) is 5.62. The van der Waals surface area contributed by atoms with Crippen molar-refractivity contribution in [1.82, 2.24) is 20.0 Å². The van der Waals surface area contributed by atoms with Gasteiger partial charge in [0.25, 0.3) is 5.91 Å². The Labute approximate surface area is 160 Å². The van der Waals surface area contributed by atoms with E-state index in [9.17, 15) is 4.79 Å². The van der Waals surface area contributed by atoms with E-state index in [1.54, 1.807) is 4.90 Å². The van der Waals surface area contributed by atoms with Crippen molar-refractivity contribution in [2.24, 2.45) is 7.05 Å². The van der Waals surface area contributed by atoms with Crippen LogP contribution in [0.5, 0.6) is 0 Å². The van der Waals surface area contributed by atoms with Crippen LogP contribution in [0.4, 0.5) is 0 Å². The maximum atomic E-state index is 13.0. The highest BCUT2D eigenvalue weighted by Gasteiger charge is 2.29. The number of carbonyl (C=O) groups excluding carboxylic acids is 1. The fraction of sp³-hybridized carbons (Fsp3) is 0.500. The van der Waals surface area contributed by atoms with E-state index in [0.29, 0.717) is 18.3 Å². The molecule has 140 valence electrons. The fourth-order valence-corrected chi connectivity index (χ4v) is 3.93. The van der Waals surface area contributed by atoms with Gasteiger partial charge in [-0.25, -0.2) is 0 Å². The topological polar surface area (TPSA) is 50.2 Å². The first-order valence-corrected chi connectivity index (χ1v) is 10.6. The third kappa shape index (κ3) is 4.30. The van der Waals surface area contributed by atoms with Crippen LogP contribution in [-0.2, 0) is 26.4 Å². The van der Waals surface area contributed by atoms with Crippen molar-refractivity contribution >= 4 is 17.7 Å². The Bertz CT molecular complexity index is 744. The predicted octanol–water partition coefficient (Wildman–Crippen LogP) is 2.50. The van der Waals surface area contributed by atoms with Gasteiger partial charge in [-0.15, -0.1) is 0 Å². The summed E-state index contributed by atoms with van der Waals surface area (Å²) in [6.45, 7) is 1.61. The number of nitrogens with one attached hydrogen (secondary N) is 1. The Morgan fingerprint density at radius 3 is 2.88 bits per heavy atom. The van der Waals surface area contributed by atoms with Gasteiger partial charge in [0.15, 0.2) is 5.69 Å². The van der Waals surface area contributed by atoms with Gasteiger partial charge in [0.1, 0.15) is 0 Å². The van der Waals surface area contributed by atoms with E-state index < -0.39 is 0 Å². The van der Waals surface area contributed by atoms with Crippen molar-refractivity contribution in [2.45, 2.75) is 31.8 Å². The van der Waals surface area contributed by atoms with Gasteiger partial charge in [-0.1, -0.05) is 30.3 Å². The molecule has 3 rings (SSSR count). The summed E-state index contributed by atoms with van der Waals surface area (Å²) < 4.78 is 1.90. The molecule has 0 bridgehead atoms. The minimum absolute atomic E-state index is 0.00969. The highest BCUT2D eigenvalue weighted by molar-refractivity contribution is 7.98. The summed E-state index contributed by atoms with van der Waals surface area (Å²) in [5, 5.41) is 8.20. The number of nitrogens with zero attached hydrogens (tertiary/aromatic N) is 3. The number of amides is 1. The summed E-state index contributed by atoms with van der Waals surface area (Å²) in [4.78, 5) is 14.8. The second-order valence-corrected chi connectivity index (χ2v) is 7.92. The molecule has 26 heavy (non-hydrogen) atoms. The lowest BCUT2D eigenvalue weighted by molar-refractivity contribution is 0.0777. The fourth-order valence-electron chi connectivity index (χ4n) is 3.61. The molecule has 0 fully saturated rings. The van der Waals surface area contributed by atoms with E-state index >= 15 is 0 Å². The second-order valence-electron chi connectivity index (χ2n) is 6.93. The van der Waals surface area contributed by atoms with Gasteiger partial charge in [0.05, 0.1) is 0 Å². The zero-order chi connectivity index (χ0) is 18.5. The van der Waals surface area contributed by atoms with Crippen LogP contribution in [0.25, 0.3) is 0 Å². The van der Waals surface area contributed by atoms with E-state index in [2.05, 4.69) is 16.7 Å². The Morgan fingerprint density at radius 2 is 2.15 bits per heavy atom. The summed E-state index contributed by atoms with van der Waals surface area (Å²) in [6.07, 6.45) is 5.10. The molecule has 5 nitrogen and oxygen atoms in total. The minimum Gasteiger partial charge on any atom is -0.336 e. The van der Waals surface area contributed by atoms with Gasteiger partial charge in [-0.2, -0.15) is 16.9 Å². The molecule has 1 aromatic carbocycles. The van der Waals surface area contributed by atoms with Crippen LogP contribution < -0.4 is 5.32 Å². The smallest absolute Gasteiger partial charge is 0.274 e. The van der Waals surface area contributed by atoms with Crippen molar-refractivity contribution in [3.8, 4) is 0 Å². The molecule has 0 spiro atoms. The number of aryl methyl sites for hydroxylation is 1. The highest BCUT2D eigenvalue weighted by atomic mass is 32.2. The first-order chi connectivity index (χ1) is 12.6. The molecule has 1 heterocycles. The Hall–Kier alpha value is -1.79. The molecular weight excluding hydrogens is 344 g/mol. The predicted molar refractivity (Wildman–Crippen MR) is 108 cm³/mol. The molecule has 2 aromatic rings. The second kappa shape index (κ2) is 8.73. The van der Waals surface area contributed by atoms with Crippen molar-refractivity contribution in [1.29, 1.82) is 0 Å². The summed E-state index contributed by atoms with van der Waals surface area (Å²) in [5.41, 5.74) is 4.09. The molecular formula is C20H28N4OS. The average Bonchev–Trinajstić information content (AvgIpc) is 2.98. The maximum Gasteiger partial charge on any atom is 0.274 e. The van der Waals surface area contributed by atoms with Crippen LogP contribution in [0.3, 0.4) is 0 Å². The van der Waals surface area contributed by atoms with Gasteiger partial charge in [-0.3, -0.25) is 9.48 Å². The Balaban J connectivity index is 1.73. The third-order valence-electron chi connectivity index (χ3n) is 5.01. The zero-order valence-electron chi connectivity index (χ0n) is 15.9. The highest BCUT2D eigenvalue weighted by Crippen LogP contribution is 2.25. The van der Waals surface area contributed by atoms with Crippen molar-refractivity contribution in [2.75, 3.05) is 25.6 Å². The molecule has 0 aliphatic heterocycles. The van der Waals surface area contributed by atoms with Crippen LogP contribution >= 0.6 is 11.8 Å². The standard InChI is InChI=1S/C20H28N4OS/c1-23(14-15-7-5-4-6-8-15)20(25)19-17-13-16(21-11-12-26-3)9-10-18(17)24(2)22-19/h4-8,16,21H,9-14H2,1-3H3. The van der Waals surface area contributed by atoms with E-state index in [4.69, 9.17) is 0 Å². The van der Waals surface area contributed by atoms with Crippen molar-refractivity contribution in [3.63, 3.8) is 0 Å². The van der Waals surface area contributed by atoms with Gasteiger partial charge in [0, 0.05) is 50.2 Å². The SMILES string of the molecule is CSCCNC1CCc2c(c(C(=O)N(C)Cc3ccccc3)nn2C)C1. The number of fused-ring (bicyclic) bond motifs is 1. The average molecular weight is 373 g/mol. The van der Waals surface area contributed by atoms with Crippen molar-refractivity contribution < 1.29 is 4.79 Å². The van der Waals surface area contributed by atoms with Crippen molar-refractivity contribution in [3.05, 3.63) is 52.8 Å². The van der Waals surface area contributed by atoms with Gasteiger partial charge < -0.3 is 10.2 Å².